The summed E-state index contributed by atoms with van der Waals surface area (Å²) in [4.78, 5) is 0. The van der Waals surface area contributed by atoms with Crippen LogP contribution in [0.3, 0.4) is 0 Å². The van der Waals surface area contributed by atoms with E-state index in [2.05, 4.69) is 12.2 Å². The van der Waals surface area contributed by atoms with E-state index in [0.717, 1.165) is 19.1 Å². The zero-order valence-electron chi connectivity index (χ0n) is 7.18. The molecule has 1 N–H and O–H groups in total. The normalized spacial score (nSPS) is 45.0. The summed E-state index contributed by atoms with van der Waals surface area (Å²) in [5, 5.41) is 3.52. The van der Waals surface area contributed by atoms with E-state index in [4.69, 9.17) is 4.74 Å². The molecule has 0 aromatic heterocycles. The first-order chi connectivity index (χ1) is 5.36. The summed E-state index contributed by atoms with van der Waals surface area (Å²) in [7, 11) is 0. The summed E-state index contributed by atoms with van der Waals surface area (Å²) < 4.78 is 5.69. The molecule has 0 aromatic carbocycles. The van der Waals surface area contributed by atoms with Crippen molar-refractivity contribution in [2.24, 2.45) is 5.92 Å². The molecular formula is C9H17NO. The second-order valence-electron chi connectivity index (χ2n) is 3.89. The van der Waals surface area contributed by atoms with Gasteiger partial charge in [-0.25, -0.2) is 0 Å². The number of morpholine rings is 1. The molecule has 2 aliphatic rings. The van der Waals surface area contributed by atoms with Gasteiger partial charge in [-0.05, 0) is 25.2 Å². The van der Waals surface area contributed by atoms with E-state index in [1.165, 1.54) is 19.3 Å². The first-order valence-corrected chi connectivity index (χ1v) is 4.71. The summed E-state index contributed by atoms with van der Waals surface area (Å²) in [6.07, 6.45) is 4.47. The van der Waals surface area contributed by atoms with Crippen LogP contribution in [0.15, 0.2) is 0 Å². The lowest BCUT2D eigenvalue weighted by Gasteiger charge is -2.38. The number of hydrogen-bond donors (Lipinski definition) is 1. The number of rotatable bonds is 0. The molecule has 0 amide bonds. The summed E-state index contributed by atoms with van der Waals surface area (Å²) in [5.74, 6) is 0.871. The van der Waals surface area contributed by atoms with Gasteiger partial charge >= 0.3 is 0 Å². The van der Waals surface area contributed by atoms with Crippen molar-refractivity contribution in [2.75, 3.05) is 13.2 Å². The number of nitrogens with one attached hydrogen (secondary N) is 1. The van der Waals surface area contributed by atoms with Crippen molar-refractivity contribution in [1.82, 2.24) is 5.32 Å². The monoisotopic (exact) mass is 155 g/mol. The SMILES string of the molecule is CC1CCC2NCCOC2C1. The molecule has 2 nitrogen and oxygen atoms in total. The minimum absolute atomic E-state index is 0.521. The van der Waals surface area contributed by atoms with Crippen LogP contribution < -0.4 is 5.32 Å². The Bertz CT molecular complexity index is 138. The van der Waals surface area contributed by atoms with E-state index < -0.39 is 0 Å². The third-order valence-electron chi connectivity index (χ3n) is 2.89. The maximum absolute atomic E-state index is 5.69. The molecule has 1 aliphatic carbocycles. The second kappa shape index (κ2) is 3.11. The van der Waals surface area contributed by atoms with Gasteiger partial charge in [0.1, 0.15) is 0 Å². The Hall–Kier alpha value is -0.0800. The summed E-state index contributed by atoms with van der Waals surface area (Å²) in [6.45, 7) is 4.29. The number of fused-ring (bicyclic) bond motifs is 1. The van der Waals surface area contributed by atoms with Gasteiger partial charge in [-0.1, -0.05) is 6.92 Å². The van der Waals surface area contributed by atoms with Gasteiger partial charge in [0.15, 0.2) is 0 Å². The van der Waals surface area contributed by atoms with Crippen LogP contribution in [0.1, 0.15) is 26.2 Å². The molecular weight excluding hydrogens is 138 g/mol. The fourth-order valence-corrected chi connectivity index (χ4v) is 2.20. The van der Waals surface area contributed by atoms with Gasteiger partial charge in [-0.2, -0.15) is 0 Å². The molecule has 1 saturated carbocycles. The summed E-state index contributed by atoms with van der Waals surface area (Å²) in [6, 6.07) is 0.667. The lowest BCUT2D eigenvalue weighted by atomic mass is 9.84. The van der Waals surface area contributed by atoms with Gasteiger partial charge in [0, 0.05) is 12.6 Å². The average molecular weight is 155 g/mol. The summed E-state index contributed by atoms with van der Waals surface area (Å²) >= 11 is 0. The maximum Gasteiger partial charge on any atom is 0.0731 e. The van der Waals surface area contributed by atoms with Crippen molar-refractivity contribution >= 4 is 0 Å². The van der Waals surface area contributed by atoms with Gasteiger partial charge in [0.05, 0.1) is 12.7 Å². The van der Waals surface area contributed by atoms with Gasteiger partial charge < -0.3 is 10.1 Å². The van der Waals surface area contributed by atoms with Crippen LogP contribution in [0, 0.1) is 5.92 Å². The first-order valence-electron chi connectivity index (χ1n) is 4.71. The molecule has 0 spiro atoms. The highest BCUT2D eigenvalue weighted by molar-refractivity contribution is 4.86. The van der Waals surface area contributed by atoms with E-state index >= 15 is 0 Å². The molecule has 2 heteroatoms. The smallest absolute Gasteiger partial charge is 0.0731 e. The molecule has 3 unspecified atom stereocenters. The van der Waals surface area contributed by atoms with Crippen LogP contribution >= 0.6 is 0 Å². The standard InChI is InChI=1S/C9H17NO/c1-7-2-3-8-9(6-7)11-5-4-10-8/h7-10H,2-6H2,1H3. The molecule has 3 atom stereocenters. The zero-order valence-corrected chi connectivity index (χ0v) is 7.18. The van der Waals surface area contributed by atoms with Crippen LogP contribution in [0.4, 0.5) is 0 Å². The molecule has 0 aromatic rings. The van der Waals surface area contributed by atoms with Crippen molar-refractivity contribution < 1.29 is 4.74 Å². The van der Waals surface area contributed by atoms with E-state index in [1.54, 1.807) is 0 Å². The Labute approximate surface area is 68.3 Å². The molecule has 1 heterocycles. The highest BCUT2D eigenvalue weighted by Gasteiger charge is 2.30. The van der Waals surface area contributed by atoms with Gasteiger partial charge in [0.25, 0.3) is 0 Å². The van der Waals surface area contributed by atoms with Crippen molar-refractivity contribution in [3.05, 3.63) is 0 Å². The molecule has 11 heavy (non-hydrogen) atoms. The predicted octanol–water partition coefficient (Wildman–Crippen LogP) is 1.16. The third kappa shape index (κ3) is 1.57. The van der Waals surface area contributed by atoms with Crippen molar-refractivity contribution in [3.8, 4) is 0 Å². The quantitative estimate of drug-likeness (QED) is 0.567. The van der Waals surface area contributed by atoms with Crippen molar-refractivity contribution in [1.29, 1.82) is 0 Å². The number of ether oxygens (including phenoxy) is 1. The molecule has 0 radical (unpaired) electrons. The largest absolute Gasteiger partial charge is 0.375 e. The highest BCUT2D eigenvalue weighted by Crippen LogP contribution is 2.27. The maximum atomic E-state index is 5.69. The fraction of sp³-hybridized carbons (Fsp3) is 1.00. The van der Waals surface area contributed by atoms with Gasteiger partial charge in [-0.3, -0.25) is 0 Å². The Kier molecular flexibility index (Phi) is 2.14. The van der Waals surface area contributed by atoms with Crippen LogP contribution in [-0.4, -0.2) is 25.3 Å². The zero-order chi connectivity index (χ0) is 7.68. The lowest BCUT2D eigenvalue weighted by Crippen LogP contribution is -2.51. The predicted molar refractivity (Wildman–Crippen MR) is 44.5 cm³/mol. The Balaban J connectivity index is 1.93. The van der Waals surface area contributed by atoms with Gasteiger partial charge in [0.2, 0.25) is 0 Å². The van der Waals surface area contributed by atoms with Crippen molar-refractivity contribution in [2.45, 2.75) is 38.3 Å². The molecule has 2 rings (SSSR count). The molecule has 0 bridgehead atoms. The topological polar surface area (TPSA) is 21.3 Å². The van der Waals surface area contributed by atoms with Crippen LogP contribution in [0.25, 0.3) is 0 Å². The molecule has 1 saturated heterocycles. The number of hydrogen-bond acceptors (Lipinski definition) is 2. The highest BCUT2D eigenvalue weighted by atomic mass is 16.5. The Morgan fingerprint density at radius 2 is 2.27 bits per heavy atom. The Morgan fingerprint density at radius 3 is 3.18 bits per heavy atom. The molecule has 2 fully saturated rings. The first kappa shape index (κ1) is 7.56. The fourth-order valence-electron chi connectivity index (χ4n) is 2.20. The van der Waals surface area contributed by atoms with Gasteiger partial charge in [-0.15, -0.1) is 0 Å². The average Bonchev–Trinajstić information content (AvgIpc) is 2.04. The lowest BCUT2D eigenvalue weighted by molar-refractivity contribution is -0.0349. The van der Waals surface area contributed by atoms with Crippen LogP contribution in [0.5, 0.6) is 0 Å². The minimum atomic E-state index is 0.521. The van der Waals surface area contributed by atoms with Crippen LogP contribution in [0.2, 0.25) is 0 Å². The molecule has 1 aliphatic heterocycles. The van der Waals surface area contributed by atoms with Crippen LogP contribution in [-0.2, 0) is 4.74 Å². The van der Waals surface area contributed by atoms with Crippen molar-refractivity contribution in [3.63, 3.8) is 0 Å². The molecule has 64 valence electrons. The van der Waals surface area contributed by atoms with E-state index in [0.29, 0.717) is 12.1 Å². The Morgan fingerprint density at radius 1 is 1.36 bits per heavy atom. The second-order valence-corrected chi connectivity index (χ2v) is 3.89. The van der Waals surface area contributed by atoms with E-state index in [-0.39, 0.29) is 0 Å². The summed E-state index contributed by atoms with van der Waals surface area (Å²) in [5.41, 5.74) is 0. The van der Waals surface area contributed by atoms with E-state index in [1.807, 2.05) is 0 Å². The van der Waals surface area contributed by atoms with E-state index in [9.17, 15) is 0 Å². The minimum Gasteiger partial charge on any atom is -0.375 e. The third-order valence-corrected chi connectivity index (χ3v) is 2.89.